The lowest BCUT2D eigenvalue weighted by molar-refractivity contribution is -0.139. The van der Waals surface area contributed by atoms with Crippen LogP contribution in [0.2, 0.25) is 0 Å². The molecule has 0 heterocycles. The van der Waals surface area contributed by atoms with Gasteiger partial charge in [-0.2, -0.15) is 0 Å². The van der Waals surface area contributed by atoms with Gasteiger partial charge >= 0.3 is 11.9 Å². The third kappa shape index (κ3) is 8.81. The van der Waals surface area contributed by atoms with Crippen LogP contribution in [0.3, 0.4) is 0 Å². The van der Waals surface area contributed by atoms with Gasteiger partial charge in [-0.1, -0.05) is 75.7 Å². The molecule has 0 bridgehead atoms. The Bertz CT molecular complexity index is 776. The molecule has 0 aliphatic heterocycles. The first-order valence-corrected chi connectivity index (χ1v) is 10.8. The van der Waals surface area contributed by atoms with Crippen LogP contribution >= 0.6 is 0 Å². The summed E-state index contributed by atoms with van der Waals surface area (Å²) in [6.45, 7) is 9.94. The van der Waals surface area contributed by atoms with Gasteiger partial charge in [-0.3, -0.25) is 9.59 Å². The molecule has 164 valence electrons. The van der Waals surface area contributed by atoms with E-state index in [2.05, 4.69) is 20.8 Å². The number of aryl methyl sites for hydroxylation is 1. The van der Waals surface area contributed by atoms with Gasteiger partial charge in [0.05, 0.1) is 11.8 Å². The SMILES string of the molecule is CC(C)Cc1ccc(C(C)C(=O)O)cc1.CCCCc1ccc(C(C)C(=O)O)cc1. The van der Waals surface area contributed by atoms with Gasteiger partial charge in [-0.05, 0) is 61.3 Å². The molecule has 0 spiro atoms. The number of unbranched alkanes of at least 4 members (excludes halogenated alkanes) is 1. The first kappa shape index (κ1) is 25.4. The zero-order chi connectivity index (χ0) is 22.7. The van der Waals surface area contributed by atoms with E-state index in [0.29, 0.717) is 5.92 Å². The van der Waals surface area contributed by atoms with Crippen molar-refractivity contribution < 1.29 is 19.8 Å². The van der Waals surface area contributed by atoms with Crippen molar-refractivity contribution in [3.05, 3.63) is 70.8 Å². The Kier molecular flexibility index (Phi) is 10.9. The van der Waals surface area contributed by atoms with E-state index in [0.717, 1.165) is 24.0 Å². The van der Waals surface area contributed by atoms with Crippen LogP contribution in [0.1, 0.15) is 81.5 Å². The number of aliphatic carboxylic acids is 2. The molecule has 2 aromatic rings. The number of rotatable bonds is 9. The average Bonchev–Trinajstić information content (AvgIpc) is 2.72. The van der Waals surface area contributed by atoms with E-state index < -0.39 is 23.8 Å². The summed E-state index contributed by atoms with van der Waals surface area (Å²) in [6, 6.07) is 15.8. The zero-order valence-electron chi connectivity index (χ0n) is 18.9. The molecule has 2 atom stereocenters. The molecule has 0 aliphatic rings. The Morgan fingerprint density at radius 2 is 1.13 bits per heavy atom. The third-order valence-electron chi connectivity index (χ3n) is 5.16. The highest BCUT2D eigenvalue weighted by Gasteiger charge is 2.13. The molecule has 0 saturated heterocycles. The van der Waals surface area contributed by atoms with Gasteiger partial charge in [-0.25, -0.2) is 0 Å². The normalized spacial score (nSPS) is 12.6. The third-order valence-corrected chi connectivity index (χ3v) is 5.16. The van der Waals surface area contributed by atoms with Crippen LogP contribution in [-0.4, -0.2) is 22.2 Å². The second-order valence-electron chi connectivity index (χ2n) is 8.30. The first-order chi connectivity index (χ1) is 14.1. The number of benzene rings is 2. The molecular weight excluding hydrogens is 376 g/mol. The Balaban J connectivity index is 0.000000300. The zero-order valence-corrected chi connectivity index (χ0v) is 18.9. The van der Waals surface area contributed by atoms with E-state index in [4.69, 9.17) is 10.2 Å². The molecule has 4 heteroatoms. The monoisotopic (exact) mass is 412 g/mol. The summed E-state index contributed by atoms with van der Waals surface area (Å²) in [7, 11) is 0. The summed E-state index contributed by atoms with van der Waals surface area (Å²) in [5, 5.41) is 17.7. The van der Waals surface area contributed by atoms with E-state index in [9.17, 15) is 9.59 Å². The minimum atomic E-state index is -0.772. The maximum Gasteiger partial charge on any atom is 0.310 e. The molecule has 2 aromatic carbocycles. The standard InChI is InChI=1S/2C13H18O2/c1-9(2)8-11-4-6-12(7-5-11)10(3)13(14)15;1-3-4-5-11-6-8-12(9-7-11)10(2)13(14)15/h4-7,9-10H,8H2,1-3H3,(H,14,15);6-10H,3-5H2,1-2H3,(H,14,15). The quantitative estimate of drug-likeness (QED) is 0.507. The van der Waals surface area contributed by atoms with Crippen LogP contribution in [0.5, 0.6) is 0 Å². The van der Waals surface area contributed by atoms with Crippen LogP contribution in [0, 0.1) is 5.92 Å². The fourth-order valence-corrected chi connectivity index (χ4v) is 3.05. The second kappa shape index (κ2) is 12.8. The highest BCUT2D eigenvalue weighted by Crippen LogP contribution is 2.18. The number of hydrogen-bond donors (Lipinski definition) is 2. The minimum absolute atomic E-state index is 0.412. The molecule has 2 unspecified atom stereocenters. The van der Waals surface area contributed by atoms with Crippen molar-refractivity contribution in [3.8, 4) is 0 Å². The summed E-state index contributed by atoms with van der Waals surface area (Å²) in [5.74, 6) is -1.74. The van der Waals surface area contributed by atoms with Gasteiger partial charge in [0.2, 0.25) is 0 Å². The number of hydrogen-bond acceptors (Lipinski definition) is 2. The molecule has 0 aliphatic carbocycles. The molecule has 30 heavy (non-hydrogen) atoms. The topological polar surface area (TPSA) is 74.6 Å². The number of carboxylic acid groups (broad SMARTS) is 2. The van der Waals surface area contributed by atoms with Crippen molar-refractivity contribution in [3.63, 3.8) is 0 Å². The number of carboxylic acids is 2. The molecule has 0 saturated carbocycles. The average molecular weight is 413 g/mol. The summed E-state index contributed by atoms with van der Waals surface area (Å²) in [6.07, 6.45) is 4.50. The summed E-state index contributed by atoms with van der Waals surface area (Å²) >= 11 is 0. The van der Waals surface area contributed by atoms with Crippen molar-refractivity contribution in [2.24, 2.45) is 5.92 Å². The minimum Gasteiger partial charge on any atom is -0.481 e. The molecular formula is C26H36O4. The Morgan fingerprint density at radius 1 is 0.733 bits per heavy atom. The lowest BCUT2D eigenvalue weighted by Gasteiger charge is -2.09. The van der Waals surface area contributed by atoms with Gasteiger partial charge in [0, 0.05) is 0 Å². The first-order valence-electron chi connectivity index (χ1n) is 10.8. The molecule has 4 nitrogen and oxygen atoms in total. The predicted octanol–water partition coefficient (Wildman–Crippen LogP) is 6.29. The van der Waals surface area contributed by atoms with E-state index in [-0.39, 0.29) is 0 Å². The van der Waals surface area contributed by atoms with Crippen LogP contribution in [0.4, 0.5) is 0 Å². The maximum absolute atomic E-state index is 10.8. The van der Waals surface area contributed by atoms with E-state index in [1.165, 1.54) is 24.0 Å². The molecule has 2 rings (SSSR count). The van der Waals surface area contributed by atoms with Gasteiger partial charge < -0.3 is 10.2 Å². The Morgan fingerprint density at radius 3 is 1.47 bits per heavy atom. The van der Waals surface area contributed by atoms with Crippen molar-refractivity contribution in [2.75, 3.05) is 0 Å². The maximum atomic E-state index is 10.8. The lowest BCUT2D eigenvalue weighted by atomic mass is 9.97. The van der Waals surface area contributed by atoms with E-state index in [1.807, 2.05) is 48.5 Å². The van der Waals surface area contributed by atoms with Crippen LogP contribution in [0.25, 0.3) is 0 Å². The Labute approximate surface area is 181 Å². The van der Waals surface area contributed by atoms with Crippen molar-refractivity contribution in [1.29, 1.82) is 0 Å². The largest absolute Gasteiger partial charge is 0.481 e. The fraction of sp³-hybridized carbons (Fsp3) is 0.462. The molecule has 0 radical (unpaired) electrons. The van der Waals surface area contributed by atoms with Crippen molar-refractivity contribution in [2.45, 2.75) is 72.1 Å². The predicted molar refractivity (Wildman–Crippen MR) is 122 cm³/mol. The Hall–Kier alpha value is -2.62. The highest BCUT2D eigenvalue weighted by molar-refractivity contribution is 5.75. The number of carbonyl (C=O) groups is 2. The van der Waals surface area contributed by atoms with Gasteiger partial charge in [0.15, 0.2) is 0 Å². The summed E-state index contributed by atoms with van der Waals surface area (Å²) in [4.78, 5) is 21.5. The van der Waals surface area contributed by atoms with Crippen LogP contribution in [0.15, 0.2) is 48.5 Å². The van der Waals surface area contributed by atoms with Crippen molar-refractivity contribution in [1.82, 2.24) is 0 Å². The second-order valence-corrected chi connectivity index (χ2v) is 8.30. The smallest absolute Gasteiger partial charge is 0.310 e. The van der Waals surface area contributed by atoms with Gasteiger partial charge in [0.25, 0.3) is 0 Å². The van der Waals surface area contributed by atoms with Gasteiger partial charge in [-0.15, -0.1) is 0 Å². The van der Waals surface area contributed by atoms with Crippen LogP contribution < -0.4 is 0 Å². The summed E-state index contributed by atoms with van der Waals surface area (Å²) in [5.41, 5.74) is 4.31. The molecule has 0 aromatic heterocycles. The van der Waals surface area contributed by atoms with Crippen molar-refractivity contribution >= 4 is 11.9 Å². The fourth-order valence-electron chi connectivity index (χ4n) is 3.05. The van der Waals surface area contributed by atoms with E-state index in [1.54, 1.807) is 13.8 Å². The molecule has 0 amide bonds. The molecule has 0 fully saturated rings. The van der Waals surface area contributed by atoms with Crippen LogP contribution in [-0.2, 0) is 22.4 Å². The molecule has 2 N–H and O–H groups in total. The summed E-state index contributed by atoms with van der Waals surface area (Å²) < 4.78 is 0. The van der Waals surface area contributed by atoms with E-state index >= 15 is 0 Å². The highest BCUT2D eigenvalue weighted by atomic mass is 16.4. The van der Waals surface area contributed by atoms with Gasteiger partial charge in [0.1, 0.15) is 0 Å². The lowest BCUT2D eigenvalue weighted by Crippen LogP contribution is -2.07.